The maximum Gasteiger partial charge on any atom is 3.00 e. The minimum atomic E-state index is 0. The van der Waals surface area contributed by atoms with E-state index in [4.69, 9.17) is 0 Å². The van der Waals surface area contributed by atoms with E-state index in [2.05, 4.69) is 43.3 Å². The molecule has 0 unspecified atom stereocenters. The van der Waals surface area contributed by atoms with Gasteiger partial charge in [0, 0.05) is 24.8 Å². The second-order valence-electron chi connectivity index (χ2n) is 6.63. The molecule has 0 spiro atoms. The van der Waals surface area contributed by atoms with Gasteiger partial charge >= 0.3 is 20.1 Å². The zero-order valence-corrected chi connectivity index (χ0v) is 20.9. The molecular formula is C27H20IrN7. The molecule has 0 bridgehead atoms. The fraction of sp³-hybridized carbons (Fsp3) is 0. The molecule has 0 saturated carbocycles. The first-order valence-electron chi connectivity index (χ1n) is 10.4. The van der Waals surface area contributed by atoms with E-state index >= 15 is 0 Å². The van der Waals surface area contributed by atoms with E-state index in [-0.39, 0.29) is 20.1 Å². The van der Waals surface area contributed by atoms with Crippen molar-refractivity contribution in [3.05, 3.63) is 141 Å². The van der Waals surface area contributed by atoms with Crippen molar-refractivity contribution in [1.82, 2.24) is 34.5 Å². The largest absolute Gasteiger partial charge is 3.00 e. The summed E-state index contributed by atoms with van der Waals surface area (Å²) >= 11 is 0. The molecule has 3 heterocycles. The Hall–Kier alpha value is -4.26. The van der Waals surface area contributed by atoms with Crippen LogP contribution in [0, 0.1) is 18.2 Å². The van der Waals surface area contributed by atoms with Gasteiger partial charge in [0.1, 0.15) is 12.7 Å². The Morgan fingerprint density at radius 3 is 1.49 bits per heavy atom. The standard InChI is InChI=1S/C9H6N3.2C9H7N2.Ir/c1-2-4-8(5-3-1)9-11-6-10-7-12-9;2*1-2-5-9(6-3-1)11-8-4-7-10-11;/h1-4,6-7H;2*1-5,7-8H;/q3*-1;+3. The molecular weight excluding hydrogens is 615 g/mol. The molecule has 0 N–H and O–H groups in total. The Morgan fingerprint density at radius 2 is 1.09 bits per heavy atom. The van der Waals surface area contributed by atoms with Gasteiger partial charge in [-0.25, -0.2) is 4.98 Å². The summed E-state index contributed by atoms with van der Waals surface area (Å²) in [4.78, 5) is 11.7. The Balaban J connectivity index is 0.000000145. The van der Waals surface area contributed by atoms with Gasteiger partial charge in [0.05, 0.1) is 5.82 Å². The number of hydrogen-bond donors (Lipinski definition) is 0. The average molecular weight is 635 g/mol. The van der Waals surface area contributed by atoms with Crippen LogP contribution in [-0.4, -0.2) is 34.5 Å². The molecule has 0 aliphatic rings. The van der Waals surface area contributed by atoms with Crippen molar-refractivity contribution in [3.8, 4) is 22.8 Å². The molecule has 0 aliphatic heterocycles. The van der Waals surface area contributed by atoms with E-state index in [0.29, 0.717) is 5.82 Å². The van der Waals surface area contributed by atoms with Crippen LogP contribution in [0.25, 0.3) is 22.8 Å². The normalized spacial score (nSPS) is 9.49. The molecule has 7 nitrogen and oxygen atoms in total. The molecule has 172 valence electrons. The van der Waals surface area contributed by atoms with Crippen molar-refractivity contribution >= 4 is 0 Å². The van der Waals surface area contributed by atoms with Crippen LogP contribution in [0.1, 0.15) is 0 Å². The minimum Gasteiger partial charge on any atom is -0.266 e. The van der Waals surface area contributed by atoms with E-state index in [1.807, 2.05) is 97.3 Å². The molecule has 35 heavy (non-hydrogen) atoms. The zero-order valence-electron chi connectivity index (χ0n) is 18.5. The molecule has 0 atom stereocenters. The summed E-state index contributed by atoms with van der Waals surface area (Å²) in [6.07, 6.45) is 10.2. The van der Waals surface area contributed by atoms with Gasteiger partial charge in [0.25, 0.3) is 0 Å². The van der Waals surface area contributed by atoms with Gasteiger partial charge in [-0.1, -0.05) is 0 Å². The Bertz CT molecular complexity index is 1210. The van der Waals surface area contributed by atoms with E-state index in [1.54, 1.807) is 21.8 Å². The van der Waals surface area contributed by atoms with Crippen LogP contribution >= 0.6 is 0 Å². The third-order valence-corrected chi connectivity index (χ3v) is 4.33. The molecule has 8 heteroatoms. The Kier molecular flexibility index (Phi) is 10.2. The van der Waals surface area contributed by atoms with Crippen LogP contribution in [0.4, 0.5) is 0 Å². The smallest absolute Gasteiger partial charge is 0.266 e. The maximum absolute atomic E-state index is 4.07. The third kappa shape index (κ3) is 7.92. The first kappa shape index (κ1) is 25.4. The van der Waals surface area contributed by atoms with Crippen LogP contribution < -0.4 is 0 Å². The van der Waals surface area contributed by atoms with E-state index in [0.717, 1.165) is 16.9 Å². The topological polar surface area (TPSA) is 74.3 Å². The van der Waals surface area contributed by atoms with E-state index < -0.39 is 0 Å². The molecule has 0 fully saturated rings. The summed E-state index contributed by atoms with van der Waals surface area (Å²) in [7, 11) is 0. The Morgan fingerprint density at radius 1 is 0.571 bits per heavy atom. The van der Waals surface area contributed by atoms with Gasteiger partial charge in [-0.2, -0.15) is 58.7 Å². The number of aromatic nitrogens is 7. The fourth-order valence-electron chi connectivity index (χ4n) is 2.79. The molecule has 0 aliphatic carbocycles. The first-order valence-corrected chi connectivity index (χ1v) is 10.4. The maximum atomic E-state index is 4.07. The number of nitrogens with zero attached hydrogens (tertiary/aromatic N) is 7. The summed E-state index contributed by atoms with van der Waals surface area (Å²) in [5.41, 5.74) is 2.83. The Labute approximate surface area is 217 Å². The van der Waals surface area contributed by atoms with Crippen LogP contribution in [-0.2, 0) is 20.1 Å². The van der Waals surface area contributed by atoms with Gasteiger partial charge in [0.15, 0.2) is 0 Å². The van der Waals surface area contributed by atoms with Crippen LogP contribution in [0.2, 0.25) is 0 Å². The molecule has 6 rings (SSSR count). The van der Waals surface area contributed by atoms with Crippen LogP contribution in [0.3, 0.4) is 0 Å². The summed E-state index contributed by atoms with van der Waals surface area (Å²) in [6, 6.07) is 36.0. The summed E-state index contributed by atoms with van der Waals surface area (Å²) < 4.78 is 3.56. The SMILES string of the molecule is [Ir+3].[c-]1ccccc1-c1ncncn1.[c-]1ccccc1-n1cccn1.[c-]1ccccc1-n1cccn1. The van der Waals surface area contributed by atoms with Gasteiger partial charge in [-0.05, 0) is 23.5 Å². The first-order chi connectivity index (χ1) is 16.9. The van der Waals surface area contributed by atoms with Gasteiger partial charge in [-0.15, -0.1) is 48.0 Å². The summed E-state index contributed by atoms with van der Waals surface area (Å²) in [5.74, 6) is 0.658. The molecule has 3 aromatic heterocycles. The number of benzene rings is 3. The quantitative estimate of drug-likeness (QED) is 0.265. The van der Waals surface area contributed by atoms with Crippen molar-refractivity contribution in [2.75, 3.05) is 0 Å². The summed E-state index contributed by atoms with van der Waals surface area (Å²) in [6.45, 7) is 0. The number of para-hydroxylation sites is 2. The second-order valence-corrected chi connectivity index (χ2v) is 6.63. The van der Waals surface area contributed by atoms with Gasteiger partial charge in [0.2, 0.25) is 0 Å². The number of rotatable bonds is 3. The van der Waals surface area contributed by atoms with Crippen LogP contribution in [0.5, 0.6) is 0 Å². The zero-order chi connectivity index (χ0) is 23.3. The molecule has 0 radical (unpaired) electrons. The minimum absolute atomic E-state index is 0. The molecule has 0 amide bonds. The monoisotopic (exact) mass is 635 g/mol. The van der Waals surface area contributed by atoms with Crippen molar-refractivity contribution < 1.29 is 20.1 Å². The molecule has 0 saturated heterocycles. The van der Waals surface area contributed by atoms with Crippen molar-refractivity contribution in [2.24, 2.45) is 0 Å². The van der Waals surface area contributed by atoms with Crippen LogP contribution in [0.15, 0.2) is 122 Å². The molecule has 6 aromatic rings. The summed E-state index contributed by atoms with van der Waals surface area (Å²) in [5, 5.41) is 8.14. The predicted molar refractivity (Wildman–Crippen MR) is 129 cm³/mol. The third-order valence-electron chi connectivity index (χ3n) is 4.33. The predicted octanol–water partition coefficient (Wildman–Crippen LogP) is 4.68. The van der Waals surface area contributed by atoms with Gasteiger partial charge < -0.3 is 0 Å². The van der Waals surface area contributed by atoms with Crippen molar-refractivity contribution in [1.29, 1.82) is 0 Å². The average Bonchev–Trinajstić information content (AvgIpc) is 3.67. The molecule has 3 aromatic carbocycles. The number of hydrogen-bond acceptors (Lipinski definition) is 5. The fourth-order valence-corrected chi connectivity index (χ4v) is 2.79. The second kappa shape index (κ2) is 14.1. The van der Waals surface area contributed by atoms with Crippen molar-refractivity contribution in [2.45, 2.75) is 0 Å². The van der Waals surface area contributed by atoms with Gasteiger partial charge in [-0.3, -0.25) is 19.3 Å². The van der Waals surface area contributed by atoms with E-state index in [9.17, 15) is 0 Å². The van der Waals surface area contributed by atoms with E-state index in [1.165, 1.54) is 12.7 Å². The van der Waals surface area contributed by atoms with Crippen molar-refractivity contribution in [3.63, 3.8) is 0 Å².